The number of carbonyl (C=O) groups excluding carboxylic acids is 1. The second kappa shape index (κ2) is 9.69. The lowest BCUT2D eigenvalue weighted by atomic mass is 9.88. The zero-order valence-electron chi connectivity index (χ0n) is 18.8. The van der Waals surface area contributed by atoms with Crippen LogP contribution in [0, 0.1) is 0 Å². The molecule has 0 fully saturated rings. The van der Waals surface area contributed by atoms with Gasteiger partial charge in [0.05, 0.1) is 13.5 Å². The zero-order valence-corrected chi connectivity index (χ0v) is 18.8. The molecule has 2 heterocycles. The quantitative estimate of drug-likeness (QED) is 0.559. The molecular weight excluding hydrogens is 398 g/mol. The predicted molar refractivity (Wildman–Crippen MR) is 129 cm³/mol. The molecule has 2 aromatic carbocycles. The first-order valence-corrected chi connectivity index (χ1v) is 11.0. The number of aromatic nitrogens is 1. The van der Waals surface area contributed by atoms with Crippen LogP contribution in [0.1, 0.15) is 37.0 Å². The van der Waals surface area contributed by atoms with Crippen molar-refractivity contribution in [1.29, 1.82) is 0 Å². The van der Waals surface area contributed by atoms with Crippen molar-refractivity contribution >= 4 is 22.7 Å². The fourth-order valence-electron chi connectivity index (χ4n) is 4.20. The fourth-order valence-corrected chi connectivity index (χ4v) is 4.20. The van der Waals surface area contributed by atoms with E-state index in [9.17, 15) is 4.79 Å². The molecule has 0 bridgehead atoms. The molecule has 0 radical (unpaired) electrons. The molecule has 0 saturated heterocycles. The van der Waals surface area contributed by atoms with Gasteiger partial charge in [0.25, 0.3) is 0 Å². The summed E-state index contributed by atoms with van der Waals surface area (Å²) in [4.78, 5) is 19.7. The highest BCUT2D eigenvalue weighted by Gasteiger charge is 2.26. The molecule has 164 valence electrons. The molecule has 5 heteroatoms. The van der Waals surface area contributed by atoms with Crippen molar-refractivity contribution < 1.29 is 9.53 Å². The molecule has 4 rings (SSSR count). The molecular formula is C27H29N3O2. The number of nitrogens with zero attached hydrogens (tertiary/aromatic N) is 2. The summed E-state index contributed by atoms with van der Waals surface area (Å²) in [5, 5.41) is 3.51. The Balaban J connectivity index is 1.74. The van der Waals surface area contributed by atoms with E-state index in [2.05, 4.69) is 42.3 Å². The highest BCUT2D eigenvalue weighted by Crippen LogP contribution is 2.40. The molecule has 1 aromatic heterocycles. The topological polar surface area (TPSA) is 54.5 Å². The molecule has 0 unspecified atom stereocenters. The standard InChI is InChI=1S/C27H29N3O2/c1-19(2)30(18-20-12-14-28-15-13-20)27(31)16-23-21-8-4-6-10-25(21)29-17-24(23)22-9-5-7-11-26(22)32-3/h4-15,19,29H,16-18H2,1-3H3. The van der Waals surface area contributed by atoms with Gasteiger partial charge in [-0.15, -0.1) is 0 Å². The number of pyridine rings is 1. The Kier molecular flexibility index (Phi) is 6.55. The van der Waals surface area contributed by atoms with Gasteiger partial charge in [0.2, 0.25) is 5.91 Å². The summed E-state index contributed by atoms with van der Waals surface area (Å²) >= 11 is 0. The van der Waals surface area contributed by atoms with Crippen molar-refractivity contribution in [2.45, 2.75) is 32.9 Å². The second-order valence-corrected chi connectivity index (χ2v) is 8.20. The molecule has 0 atom stereocenters. The van der Waals surface area contributed by atoms with E-state index in [-0.39, 0.29) is 11.9 Å². The first-order chi connectivity index (χ1) is 15.6. The number of hydrogen-bond acceptors (Lipinski definition) is 4. The molecule has 1 amide bonds. The number of methoxy groups -OCH3 is 1. The normalized spacial score (nSPS) is 12.9. The number of fused-ring (bicyclic) bond motifs is 1. The summed E-state index contributed by atoms with van der Waals surface area (Å²) in [5.41, 5.74) is 6.37. The number of ether oxygens (including phenoxy) is 1. The maximum absolute atomic E-state index is 13.6. The monoisotopic (exact) mass is 427 g/mol. The van der Waals surface area contributed by atoms with Crippen LogP contribution < -0.4 is 10.1 Å². The Morgan fingerprint density at radius 1 is 1.03 bits per heavy atom. The highest BCUT2D eigenvalue weighted by molar-refractivity contribution is 6.05. The van der Waals surface area contributed by atoms with Gasteiger partial charge in [-0.2, -0.15) is 0 Å². The lowest BCUT2D eigenvalue weighted by Gasteiger charge is -2.30. The Labute approximate surface area is 189 Å². The number of para-hydroxylation sites is 2. The minimum Gasteiger partial charge on any atom is -0.496 e. The maximum atomic E-state index is 13.6. The second-order valence-electron chi connectivity index (χ2n) is 8.20. The molecule has 1 aliphatic rings. The van der Waals surface area contributed by atoms with Crippen molar-refractivity contribution in [3.63, 3.8) is 0 Å². The van der Waals surface area contributed by atoms with E-state index in [1.54, 1.807) is 19.5 Å². The van der Waals surface area contributed by atoms with E-state index in [0.717, 1.165) is 39.3 Å². The van der Waals surface area contributed by atoms with Crippen molar-refractivity contribution in [2.24, 2.45) is 0 Å². The fraction of sp³-hybridized carbons (Fsp3) is 0.259. The van der Waals surface area contributed by atoms with Gasteiger partial charge in [0, 0.05) is 48.3 Å². The first-order valence-electron chi connectivity index (χ1n) is 11.0. The summed E-state index contributed by atoms with van der Waals surface area (Å²) in [6.07, 6.45) is 3.86. The van der Waals surface area contributed by atoms with Crippen molar-refractivity contribution in [1.82, 2.24) is 9.88 Å². The van der Waals surface area contributed by atoms with E-state index in [1.807, 2.05) is 47.4 Å². The number of nitrogens with one attached hydrogen (secondary N) is 1. The van der Waals surface area contributed by atoms with Gasteiger partial charge in [-0.05, 0) is 54.8 Å². The third kappa shape index (κ3) is 4.52. The van der Waals surface area contributed by atoms with Gasteiger partial charge in [-0.25, -0.2) is 0 Å². The Hall–Kier alpha value is -3.60. The van der Waals surface area contributed by atoms with E-state index >= 15 is 0 Å². The van der Waals surface area contributed by atoms with Crippen LogP contribution in [0.5, 0.6) is 5.75 Å². The van der Waals surface area contributed by atoms with Crippen LogP contribution >= 0.6 is 0 Å². The van der Waals surface area contributed by atoms with Crippen molar-refractivity contribution in [2.75, 3.05) is 19.0 Å². The number of carbonyl (C=O) groups is 1. The average Bonchev–Trinajstić information content (AvgIpc) is 2.83. The highest BCUT2D eigenvalue weighted by atomic mass is 16.5. The van der Waals surface area contributed by atoms with Crippen LogP contribution in [0.2, 0.25) is 0 Å². The van der Waals surface area contributed by atoms with Crippen LogP contribution in [0.4, 0.5) is 5.69 Å². The molecule has 0 spiro atoms. The SMILES string of the molecule is COc1ccccc1C1=C(CC(=O)N(Cc2ccncc2)C(C)C)c2ccccc2NC1. The summed E-state index contributed by atoms with van der Waals surface area (Å²) in [5.74, 6) is 0.919. The van der Waals surface area contributed by atoms with E-state index < -0.39 is 0 Å². The molecule has 32 heavy (non-hydrogen) atoms. The minimum absolute atomic E-state index is 0.0861. The Bertz CT molecular complexity index is 1120. The average molecular weight is 428 g/mol. The minimum atomic E-state index is 0.0861. The van der Waals surface area contributed by atoms with Gasteiger partial charge in [-0.1, -0.05) is 36.4 Å². The van der Waals surface area contributed by atoms with Crippen LogP contribution in [-0.4, -0.2) is 35.5 Å². The maximum Gasteiger partial charge on any atom is 0.227 e. The Morgan fingerprint density at radius 2 is 1.72 bits per heavy atom. The summed E-state index contributed by atoms with van der Waals surface area (Å²) < 4.78 is 5.64. The van der Waals surface area contributed by atoms with Gasteiger partial charge < -0.3 is 15.0 Å². The molecule has 5 nitrogen and oxygen atoms in total. The van der Waals surface area contributed by atoms with Crippen molar-refractivity contribution in [3.8, 4) is 5.75 Å². The van der Waals surface area contributed by atoms with Crippen LogP contribution in [0.3, 0.4) is 0 Å². The van der Waals surface area contributed by atoms with Gasteiger partial charge >= 0.3 is 0 Å². The van der Waals surface area contributed by atoms with Crippen LogP contribution in [-0.2, 0) is 11.3 Å². The van der Waals surface area contributed by atoms with Gasteiger partial charge in [-0.3, -0.25) is 9.78 Å². The molecule has 1 N–H and O–H groups in total. The molecule has 0 aliphatic carbocycles. The summed E-state index contributed by atoms with van der Waals surface area (Å²) in [6, 6.07) is 20.2. The van der Waals surface area contributed by atoms with Crippen LogP contribution in [0.25, 0.3) is 11.1 Å². The largest absolute Gasteiger partial charge is 0.496 e. The third-order valence-electron chi connectivity index (χ3n) is 5.88. The lowest BCUT2D eigenvalue weighted by molar-refractivity contribution is -0.132. The zero-order chi connectivity index (χ0) is 22.5. The molecule has 1 aliphatic heterocycles. The van der Waals surface area contributed by atoms with E-state index in [0.29, 0.717) is 19.5 Å². The van der Waals surface area contributed by atoms with E-state index in [4.69, 9.17) is 4.74 Å². The third-order valence-corrected chi connectivity index (χ3v) is 5.88. The summed E-state index contributed by atoms with van der Waals surface area (Å²) in [7, 11) is 1.68. The van der Waals surface area contributed by atoms with Crippen LogP contribution in [0.15, 0.2) is 73.1 Å². The number of anilines is 1. The molecule has 0 saturated carbocycles. The number of amides is 1. The van der Waals surface area contributed by atoms with Crippen molar-refractivity contribution in [3.05, 3.63) is 89.7 Å². The smallest absolute Gasteiger partial charge is 0.227 e. The number of rotatable bonds is 7. The Morgan fingerprint density at radius 3 is 2.44 bits per heavy atom. The van der Waals surface area contributed by atoms with Gasteiger partial charge in [0.1, 0.15) is 5.75 Å². The number of hydrogen-bond donors (Lipinski definition) is 1. The summed E-state index contributed by atoms with van der Waals surface area (Å²) in [6.45, 7) is 5.33. The first kappa shape index (κ1) is 21.6. The predicted octanol–water partition coefficient (Wildman–Crippen LogP) is 5.25. The molecule has 3 aromatic rings. The number of benzene rings is 2. The lowest BCUT2D eigenvalue weighted by Crippen LogP contribution is -2.36. The van der Waals surface area contributed by atoms with Gasteiger partial charge in [0.15, 0.2) is 0 Å². The van der Waals surface area contributed by atoms with E-state index in [1.165, 1.54) is 0 Å².